The first kappa shape index (κ1) is 32.6. The van der Waals surface area contributed by atoms with Gasteiger partial charge in [0.25, 0.3) is 0 Å². The number of esters is 3. The summed E-state index contributed by atoms with van der Waals surface area (Å²) in [5.74, 6) is -2.40. The van der Waals surface area contributed by atoms with Crippen LogP contribution in [0.3, 0.4) is 0 Å². The first-order chi connectivity index (χ1) is 20.9. The highest BCUT2D eigenvalue weighted by molar-refractivity contribution is 5.83. The number of hydrogen-bond donors (Lipinski definition) is 2. The van der Waals surface area contributed by atoms with Gasteiger partial charge in [0.1, 0.15) is 30.5 Å². The van der Waals surface area contributed by atoms with Crippen molar-refractivity contribution in [3.63, 3.8) is 0 Å². The number of epoxide rings is 1. The Hall–Kier alpha value is -2.83. The van der Waals surface area contributed by atoms with Crippen molar-refractivity contribution in [1.82, 2.24) is 0 Å². The lowest BCUT2D eigenvalue weighted by molar-refractivity contribution is -0.242. The molecule has 2 spiro atoms. The fourth-order valence-corrected chi connectivity index (χ4v) is 7.48. The molecule has 242 valence electrons. The summed E-state index contributed by atoms with van der Waals surface area (Å²) in [7, 11) is 0. The first-order valence-electron chi connectivity index (χ1n) is 15.4. The van der Waals surface area contributed by atoms with Crippen LogP contribution in [0.4, 0.5) is 0 Å². The number of hydrogen-bond acceptors (Lipinski definition) is 11. The molecule has 2 bridgehead atoms. The number of aliphatic hydroxyl groups is 2. The minimum atomic E-state index is -1.44. The van der Waals surface area contributed by atoms with Gasteiger partial charge in [0.05, 0.1) is 35.7 Å². The largest absolute Gasteiger partial charge is 0.463 e. The summed E-state index contributed by atoms with van der Waals surface area (Å²) in [6, 6.07) is 0. The minimum absolute atomic E-state index is 0.168. The Morgan fingerprint density at radius 1 is 1.20 bits per heavy atom. The van der Waals surface area contributed by atoms with Gasteiger partial charge in [-0.1, -0.05) is 44.2 Å². The average Bonchev–Trinajstić information content (AvgIpc) is 3.75. The molecular weight excluding hydrogens is 572 g/mol. The Labute approximate surface area is 257 Å². The maximum absolute atomic E-state index is 13.3. The van der Waals surface area contributed by atoms with E-state index in [1.807, 2.05) is 19.9 Å². The Kier molecular flexibility index (Phi) is 9.26. The SMILES string of the molecule is C/C=C/C(=O)O[C@H]1C[C@@]23COC(=O)[C@@H](O)[C@H](C)CCO[C@@H]([C@H](C)O)/C=C\C=C/C(=O)O[C@@H]4C[C@@H](O[C@@H]2C=C1C)C1(CO1)[C@]43C. The lowest BCUT2D eigenvalue weighted by Crippen LogP contribution is -2.68. The molecule has 11 atom stereocenters. The van der Waals surface area contributed by atoms with Gasteiger partial charge in [-0.25, -0.2) is 14.4 Å². The molecule has 3 aliphatic heterocycles. The summed E-state index contributed by atoms with van der Waals surface area (Å²) in [5.41, 5.74) is -1.95. The normalized spacial score (nSPS) is 44.8. The molecule has 11 heteroatoms. The lowest BCUT2D eigenvalue weighted by Gasteiger charge is -2.59. The van der Waals surface area contributed by atoms with Crippen LogP contribution >= 0.6 is 0 Å². The quantitative estimate of drug-likeness (QED) is 0.158. The maximum atomic E-state index is 13.3. The summed E-state index contributed by atoms with van der Waals surface area (Å²) in [5, 5.41) is 21.0. The Bertz CT molecular complexity index is 1250. The van der Waals surface area contributed by atoms with Gasteiger partial charge < -0.3 is 38.6 Å². The molecule has 1 saturated carbocycles. The van der Waals surface area contributed by atoms with E-state index in [4.69, 9.17) is 28.4 Å². The van der Waals surface area contributed by atoms with Crippen molar-refractivity contribution in [2.24, 2.45) is 16.7 Å². The molecule has 3 fully saturated rings. The van der Waals surface area contributed by atoms with Gasteiger partial charge in [0, 0.05) is 31.6 Å². The number of carbonyl (C=O) groups is 3. The van der Waals surface area contributed by atoms with E-state index in [1.165, 1.54) is 18.2 Å². The third-order valence-electron chi connectivity index (χ3n) is 10.4. The van der Waals surface area contributed by atoms with Crippen LogP contribution in [0.2, 0.25) is 0 Å². The Morgan fingerprint density at radius 2 is 1.95 bits per heavy atom. The number of allylic oxidation sites excluding steroid dienone is 3. The number of cyclic esters (lactones) is 1. The first-order valence-corrected chi connectivity index (χ1v) is 15.4. The predicted octanol–water partition coefficient (Wildman–Crippen LogP) is 2.49. The molecule has 0 amide bonds. The Morgan fingerprint density at radius 3 is 2.64 bits per heavy atom. The zero-order valence-corrected chi connectivity index (χ0v) is 26.0. The van der Waals surface area contributed by atoms with Gasteiger partial charge in [0.2, 0.25) is 0 Å². The van der Waals surface area contributed by atoms with Crippen molar-refractivity contribution < 1.29 is 53.0 Å². The standard InChI is InChI=1S/C33H44O11/c1-6-9-27(35)42-23-16-32-17-40-30(38)29(37)19(2)12-13-39-22(21(4)34)10-7-8-11-28(36)44-24-15-26(43-25(32)14-20(23)3)33(18-41-33)31(24,32)5/h6-11,14,19,21-26,29,34,37H,12-13,15-18H2,1-5H3/b9-6+,10-7-,11-8-/t19-,21+,22-,23+,24-,25-,26-,29+,31-,32-,33?/m1/s1. The monoisotopic (exact) mass is 616 g/mol. The molecule has 11 nitrogen and oxygen atoms in total. The van der Waals surface area contributed by atoms with E-state index in [2.05, 4.69) is 0 Å². The van der Waals surface area contributed by atoms with E-state index in [1.54, 1.807) is 39.0 Å². The second-order valence-electron chi connectivity index (χ2n) is 12.9. The van der Waals surface area contributed by atoms with Gasteiger partial charge in [-0.05, 0) is 38.7 Å². The van der Waals surface area contributed by atoms with Crippen LogP contribution in [0, 0.1) is 16.7 Å². The van der Waals surface area contributed by atoms with Crippen LogP contribution < -0.4 is 0 Å². The summed E-state index contributed by atoms with van der Waals surface area (Å²) < 4.78 is 36.5. The van der Waals surface area contributed by atoms with Crippen molar-refractivity contribution in [3.8, 4) is 0 Å². The molecule has 5 rings (SSSR count). The van der Waals surface area contributed by atoms with Crippen LogP contribution in [-0.2, 0) is 42.8 Å². The molecule has 0 aromatic carbocycles. The summed E-state index contributed by atoms with van der Waals surface area (Å²) in [6.45, 7) is 9.23. The van der Waals surface area contributed by atoms with E-state index in [0.29, 0.717) is 19.4 Å². The summed E-state index contributed by atoms with van der Waals surface area (Å²) in [6.07, 6.45) is 6.62. The summed E-state index contributed by atoms with van der Waals surface area (Å²) >= 11 is 0. The maximum Gasteiger partial charge on any atom is 0.335 e. The van der Waals surface area contributed by atoms with E-state index >= 15 is 0 Å². The van der Waals surface area contributed by atoms with Crippen LogP contribution in [0.1, 0.15) is 53.9 Å². The molecule has 2 aliphatic carbocycles. The smallest absolute Gasteiger partial charge is 0.335 e. The third-order valence-corrected chi connectivity index (χ3v) is 10.4. The molecular formula is C33H44O11. The second kappa shape index (κ2) is 12.5. The van der Waals surface area contributed by atoms with Crippen LogP contribution in [0.5, 0.6) is 0 Å². The van der Waals surface area contributed by atoms with Gasteiger partial charge in [0.15, 0.2) is 6.10 Å². The molecule has 44 heavy (non-hydrogen) atoms. The highest BCUT2D eigenvalue weighted by Gasteiger charge is 2.83. The zero-order chi connectivity index (χ0) is 31.9. The lowest BCUT2D eigenvalue weighted by atomic mass is 9.51. The van der Waals surface area contributed by atoms with Crippen LogP contribution in [0.25, 0.3) is 0 Å². The van der Waals surface area contributed by atoms with Crippen molar-refractivity contribution in [1.29, 1.82) is 0 Å². The van der Waals surface area contributed by atoms with E-state index in [0.717, 1.165) is 5.57 Å². The number of aliphatic hydroxyl groups excluding tert-OH is 2. The van der Waals surface area contributed by atoms with Crippen molar-refractivity contribution in [2.75, 3.05) is 19.8 Å². The average molecular weight is 617 g/mol. The van der Waals surface area contributed by atoms with Gasteiger partial charge in [-0.15, -0.1) is 0 Å². The highest BCUT2D eigenvalue weighted by atomic mass is 16.6. The Balaban J connectivity index is 1.55. The van der Waals surface area contributed by atoms with Crippen molar-refractivity contribution >= 4 is 17.9 Å². The third kappa shape index (κ3) is 5.58. The minimum Gasteiger partial charge on any atom is -0.463 e. The molecule has 1 unspecified atom stereocenters. The molecule has 2 N–H and O–H groups in total. The molecule has 0 radical (unpaired) electrons. The zero-order valence-electron chi connectivity index (χ0n) is 26.0. The molecule has 5 aliphatic rings. The fourth-order valence-electron chi connectivity index (χ4n) is 7.48. The molecule has 3 heterocycles. The van der Waals surface area contributed by atoms with E-state index < -0.39 is 76.9 Å². The highest BCUT2D eigenvalue weighted by Crippen LogP contribution is 2.72. The van der Waals surface area contributed by atoms with E-state index in [-0.39, 0.29) is 25.7 Å². The number of rotatable bonds is 3. The number of carbonyl (C=O) groups excluding carboxylic acids is 3. The fraction of sp³-hybridized carbons (Fsp3) is 0.667. The van der Waals surface area contributed by atoms with Gasteiger partial charge in [-0.3, -0.25) is 0 Å². The molecule has 0 aromatic rings. The summed E-state index contributed by atoms with van der Waals surface area (Å²) in [4.78, 5) is 39.1. The van der Waals surface area contributed by atoms with Crippen LogP contribution in [0.15, 0.2) is 48.1 Å². The second-order valence-corrected chi connectivity index (χ2v) is 12.9. The van der Waals surface area contributed by atoms with Gasteiger partial charge >= 0.3 is 17.9 Å². The van der Waals surface area contributed by atoms with Gasteiger partial charge in [-0.2, -0.15) is 0 Å². The molecule has 0 aromatic heterocycles. The number of ether oxygens (including phenoxy) is 6. The van der Waals surface area contributed by atoms with Crippen molar-refractivity contribution in [3.05, 3.63) is 48.1 Å². The molecule has 2 saturated heterocycles. The van der Waals surface area contributed by atoms with Crippen LogP contribution in [-0.4, -0.2) is 96.3 Å². The topological polar surface area (TPSA) is 150 Å². The van der Waals surface area contributed by atoms with E-state index in [9.17, 15) is 24.6 Å². The predicted molar refractivity (Wildman–Crippen MR) is 156 cm³/mol. The van der Waals surface area contributed by atoms with Crippen molar-refractivity contribution in [2.45, 2.75) is 102 Å².